The average molecular weight is 272 g/mol. The van der Waals surface area contributed by atoms with Crippen molar-refractivity contribution in [2.24, 2.45) is 5.92 Å². The summed E-state index contributed by atoms with van der Waals surface area (Å²) in [5.41, 5.74) is -0.849. The molecule has 0 spiro atoms. The third-order valence-electron chi connectivity index (χ3n) is 3.87. The maximum atomic E-state index is 11.9. The number of sulfonamides is 1. The van der Waals surface area contributed by atoms with Crippen LogP contribution in [0.4, 0.5) is 0 Å². The molecule has 1 aliphatic carbocycles. The number of rotatable bonds is 6. The van der Waals surface area contributed by atoms with Gasteiger partial charge in [-0.2, -0.15) is 9.98 Å². The van der Waals surface area contributed by atoms with Crippen LogP contribution in [0.2, 0.25) is 0 Å². The van der Waals surface area contributed by atoms with E-state index in [2.05, 4.69) is 17.7 Å². The van der Waals surface area contributed by atoms with Gasteiger partial charge in [-0.05, 0) is 38.0 Å². The first kappa shape index (κ1) is 15.5. The molecule has 0 aromatic rings. The van der Waals surface area contributed by atoms with Crippen molar-refractivity contribution in [3.8, 4) is 6.07 Å². The van der Waals surface area contributed by atoms with E-state index in [4.69, 9.17) is 0 Å². The molecule has 1 N–H and O–H groups in total. The normalized spacial score (nSPS) is 28.8. The van der Waals surface area contributed by atoms with Gasteiger partial charge in [0.15, 0.2) is 0 Å². The van der Waals surface area contributed by atoms with E-state index < -0.39 is 15.6 Å². The van der Waals surface area contributed by atoms with E-state index in [1.54, 1.807) is 0 Å². The third kappa shape index (κ3) is 4.25. The Morgan fingerprint density at radius 1 is 1.33 bits per heavy atom. The molecule has 0 saturated heterocycles. The molecule has 4 nitrogen and oxygen atoms in total. The summed E-state index contributed by atoms with van der Waals surface area (Å²) in [4.78, 5) is 0. The van der Waals surface area contributed by atoms with Crippen molar-refractivity contribution >= 4 is 10.0 Å². The highest BCUT2D eigenvalue weighted by Crippen LogP contribution is 2.33. The molecule has 0 amide bonds. The number of hydrogen-bond acceptors (Lipinski definition) is 3. The van der Waals surface area contributed by atoms with Crippen molar-refractivity contribution < 1.29 is 8.42 Å². The Labute approximate surface area is 111 Å². The lowest BCUT2D eigenvalue weighted by Crippen LogP contribution is -2.50. The molecule has 104 valence electrons. The molecule has 1 rings (SSSR count). The molecule has 0 bridgehead atoms. The van der Waals surface area contributed by atoms with Gasteiger partial charge in [0.2, 0.25) is 10.0 Å². The molecule has 0 atom stereocenters. The predicted octanol–water partition coefficient (Wildman–Crippen LogP) is 2.57. The minimum Gasteiger partial charge on any atom is -0.212 e. The molecule has 5 heteroatoms. The molecule has 0 aromatic carbocycles. The minimum absolute atomic E-state index is 0.129. The van der Waals surface area contributed by atoms with Gasteiger partial charge in [-0.3, -0.25) is 0 Å². The van der Waals surface area contributed by atoms with E-state index >= 15 is 0 Å². The summed E-state index contributed by atoms with van der Waals surface area (Å²) in [5, 5.41) is 9.31. The highest BCUT2D eigenvalue weighted by atomic mass is 32.2. The molecular formula is C13H24N2O2S. The van der Waals surface area contributed by atoms with Crippen LogP contribution in [0.5, 0.6) is 0 Å². The van der Waals surface area contributed by atoms with Crippen LogP contribution in [-0.2, 0) is 10.0 Å². The zero-order chi connectivity index (χ0) is 13.6. The van der Waals surface area contributed by atoms with E-state index in [1.807, 2.05) is 6.92 Å². The van der Waals surface area contributed by atoms with Gasteiger partial charge in [-0.15, -0.1) is 0 Å². The first-order valence-corrected chi connectivity index (χ1v) is 8.55. The van der Waals surface area contributed by atoms with Crippen LogP contribution in [0.1, 0.15) is 58.8 Å². The first-order chi connectivity index (χ1) is 8.47. The number of nitrogens with zero attached hydrogens (tertiary/aromatic N) is 1. The van der Waals surface area contributed by atoms with Crippen LogP contribution in [0, 0.1) is 17.2 Å². The van der Waals surface area contributed by atoms with Gasteiger partial charge >= 0.3 is 0 Å². The minimum atomic E-state index is -3.31. The second-order valence-corrected chi connectivity index (χ2v) is 7.16. The fraction of sp³-hybridized carbons (Fsp3) is 0.923. The number of hydrogen-bond donors (Lipinski definition) is 1. The van der Waals surface area contributed by atoms with E-state index in [1.165, 1.54) is 0 Å². The van der Waals surface area contributed by atoms with Crippen LogP contribution in [0.3, 0.4) is 0 Å². The largest absolute Gasteiger partial charge is 0.212 e. The van der Waals surface area contributed by atoms with Gasteiger partial charge < -0.3 is 0 Å². The van der Waals surface area contributed by atoms with Crippen molar-refractivity contribution in [1.82, 2.24) is 4.72 Å². The monoisotopic (exact) mass is 272 g/mol. The third-order valence-corrected chi connectivity index (χ3v) is 5.40. The van der Waals surface area contributed by atoms with Gasteiger partial charge in [0.05, 0.1) is 11.8 Å². The van der Waals surface area contributed by atoms with Gasteiger partial charge in [0, 0.05) is 0 Å². The Bertz CT molecular complexity index is 390. The Morgan fingerprint density at radius 2 is 1.94 bits per heavy atom. The Morgan fingerprint density at radius 3 is 2.39 bits per heavy atom. The fourth-order valence-electron chi connectivity index (χ4n) is 2.50. The van der Waals surface area contributed by atoms with Gasteiger partial charge in [0.1, 0.15) is 5.54 Å². The molecular weight excluding hydrogens is 248 g/mol. The second-order valence-electron chi connectivity index (χ2n) is 5.32. The first-order valence-electron chi connectivity index (χ1n) is 6.90. The lowest BCUT2D eigenvalue weighted by Gasteiger charge is -2.34. The van der Waals surface area contributed by atoms with E-state index in [9.17, 15) is 13.7 Å². The van der Waals surface area contributed by atoms with E-state index in [0.29, 0.717) is 25.2 Å². The fourth-order valence-corrected chi connectivity index (χ4v) is 4.11. The van der Waals surface area contributed by atoms with Crippen LogP contribution >= 0.6 is 0 Å². The average Bonchev–Trinajstić information content (AvgIpc) is 2.37. The van der Waals surface area contributed by atoms with Gasteiger partial charge in [-0.1, -0.05) is 26.7 Å². The summed E-state index contributed by atoms with van der Waals surface area (Å²) in [7, 11) is -3.31. The van der Waals surface area contributed by atoms with Crippen molar-refractivity contribution in [3.05, 3.63) is 0 Å². The smallest absolute Gasteiger partial charge is 0.212 e. The van der Waals surface area contributed by atoms with Crippen molar-refractivity contribution in [2.45, 2.75) is 64.3 Å². The number of nitriles is 1. The zero-order valence-corrected chi connectivity index (χ0v) is 12.2. The van der Waals surface area contributed by atoms with Crippen molar-refractivity contribution in [2.75, 3.05) is 5.75 Å². The highest BCUT2D eigenvalue weighted by molar-refractivity contribution is 7.89. The molecule has 1 saturated carbocycles. The summed E-state index contributed by atoms with van der Waals surface area (Å²) in [6.45, 7) is 4.11. The van der Waals surface area contributed by atoms with E-state index in [-0.39, 0.29) is 5.75 Å². The summed E-state index contributed by atoms with van der Waals surface area (Å²) in [6.07, 6.45) is 5.79. The Kier molecular flexibility index (Phi) is 5.61. The van der Waals surface area contributed by atoms with Crippen LogP contribution in [-0.4, -0.2) is 19.7 Å². The Hall–Kier alpha value is -0.600. The maximum Gasteiger partial charge on any atom is 0.212 e. The molecule has 1 fully saturated rings. The quantitative estimate of drug-likeness (QED) is 0.808. The standard InChI is InChI=1S/C13H24N2O2S/c1-3-5-10-18(16,17)15-13(11-14)8-6-12(4-2)7-9-13/h12,15H,3-10H2,1-2H3. The number of nitrogens with one attached hydrogen (secondary N) is 1. The summed E-state index contributed by atoms with van der Waals surface area (Å²) >= 11 is 0. The van der Waals surface area contributed by atoms with Crippen LogP contribution in [0.15, 0.2) is 0 Å². The lowest BCUT2D eigenvalue weighted by molar-refractivity contribution is 0.259. The molecule has 18 heavy (non-hydrogen) atoms. The summed E-state index contributed by atoms with van der Waals surface area (Å²) < 4.78 is 26.5. The number of unbranched alkanes of at least 4 members (excludes halogenated alkanes) is 1. The van der Waals surface area contributed by atoms with Crippen molar-refractivity contribution in [1.29, 1.82) is 5.26 Å². The lowest BCUT2D eigenvalue weighted by atomic mass is 9.77. The molecule has 0 unspecified atom stereocenters. The highest BCUT2D eigenvalue weighted by Gasteiger charge is 2.38. The SMILES string of the molecule is CCCCS(=O)(=O)NC1(C#N)CCC(CC)CC1. The zero-order valence-electron chi connectivity index (χ0n) is 11.4. The van der Waals surface area contributed by atoms with E-state index in [0.717, 1.165) is 25.7 Å². The summed E-state index contributed by atoms with van der Waals surface area (Å²) in [6, 6.07) is 2.20. The van der Waals surface area contributed by atoms with Crippen molar-refractivity contribution in [3.63, 3.8) is 0 Å². The summed E-state index contributed by atoms with van der Waals surface area (Å²) in [5.74, 6) is 0.774. The molecule has 0 aromatic heterocycles. The van der Waals surface area contributed by atoms with Gasteiger partial charge in [0.25, 0.3) is 0 Å². The second kappa shape index (κ2) is 6.53. The molecule has 0 heterocycles. The van der Waals surface area contributed by atoms with Gasteiger partial charge in [-0.25, -0.2) is 8.42 Å². The topological polar surface area (TPSA) is 70.0 Å². The Balaban J connectivity index is 2.65. The molecule has 1 aliphatic rings. The predicted molar refractivity (Wildman–Crippen MR) is 72.4 cm³/mol. The van der Waals surface area contributed by atoms with Crippen LogP contribution in [0.25, 0.3) is 0 Å². The van der Waals surface area contributed by atoms with Crippen LogP contribution < -0.4 is 4.72 Å². The molecule has 0 radical (unpaired) electrons. The molecule has 0 aliphatic heterocycles. The maximum absolute atomic E-state index is 11.9.